The highest BCUT2D eigenvalue weighted by molar-refractivity contribution is 5.77. The largest absolute Gasteiger partial charge is 0.383 e. The van der Waals surface area contributed by atoms with Crippen molar-refractivity contribution in [1.29, 1.82) is 0 Å². The summed E-state index contributed by atoms with van der Waals surface area (Å²) in [5.41, 5.74) is 3.73. The molecule has 1 spiro atoms. The number of nitrogens with zero attached hydrogens (tertiary/aromatic N) is 2. The average Bonchev–Trinajstić information content (AvgIpc) is 2.99. The molecule has 1 aromatic carbocycles. The zero-order valence-electron chi connectivity index (χ0n) is 15.5. The zero-order chi connectivity index (χ0) is 18.2. The summed E-state index contributed by atoms with van der Waals surface area (Å²) in [7, 11) is 0. The van der Waals surface area contributed by atoms with Crippen molar-refractivity contribution in [3.8, 4) is 11.8 Å². The van der Waals surface area contributed by atoms with Gasteiger partial charge in [-0.3, -0.25) is 0 Å². The zero-order valence-corrected chi connectivity index (χ0v) is 15.5. The standard InChI is InChI=1S/C21H25N3O2/c1-4-6-17-7-8-18-19(11-17)24(15-23-18)14-20(3)9-5-10-25-26-21(12-20)13-22-16(21)2/h7-8,11,15,22H,2,5,9-10,12-14H2,1,3H3. The smallest absolute Gasteiger partial charge is 0.160 e. The number of aromatic nitrogens is 2. The minimum atomic E-state index is -0.412. The molecule has 2 aromatic rings. The van der Waals surface area contributed by atoms with Gasteiger partial charge in [-0.05, 0) is 49.8 Å². The SMILES string of the molecule is C=C1NCC12CC(C)(Cn1cnc3ccc(C#CC)cc31)CCCOO2. The molecule has 4 rings (SSSR count). The quantitative estimate of drug-likeness (QED) is 0.665. The predicted molar refractivity (Wildman–Crippen MR) is 101 cm³/mol. The maximum Gasteiger partial charge on any atom is 0.160 e. The Morgan fingerprint density at radius 3 is 3.04 bits per heavy atom. The first-order valence-corrected chi connectivity index (χ1v) is 9.15. The van der Waals surface area contributed by atoms with Crippen LogP contribution in [0.2, 0.25) is 0 Å². The van der Waals surface area contributed by atoms with Crippen molar-refractivity contribution in [3.63, 3.8) is 0 Å². The molecule has 0 saturated carbocycles. The van der Waals surface area contributed by atoms with Gasteiger partial charge < -0.3 is 9.88 Å². The van der Waals surface area contributed by atoms with Crippen LogP contribution in [0.3, 0.4) is 0 Å². The Bertz CT molecular complexity index is 907. The van der Waals surface area contributed by atoms with Crippen LogP contribution in [0.25, 0.3) is 11.0 Å². The molecule has 2 aliphatic heterocycles. The van der Waals surface area contributed by atoms with Crippen LogP contribution in [0, 0.1) is 17.3 Å². The highest BCUT2D eigenvalue weighted by atomic mass is 17.2. The van der Waals surface area contributed by atoms with Crippen LogP contribution in [0.4, 0.5) is 0 Å². The fourth-order valence-electron chi connectivity index (χ4n) is 4.13. The third-order valence-corrected chi connectivity index (χ3v) is 5.52. The third-order valence-electron chi connectivity index (χ3n) is 5.52. The summed E-state index contributed by atoms with van der Waals surface area (Å²) in [6.45, 7) is 10.5. The Kier molecular flexibility index (Phi) is 4.26. The van der Waals surface area contributed by atoms with Gasteiger partial charge in [-0.15, -0.1) is 5.92 Å². The second kappa shape index (κ2) is 6.46. The fraction of sp³-hybridized carbons (Fsp3) is 0.476. The molecule has 0 amide bonds. The van der Waals surface area contributed by atoms with Gasteiger partial charge in [-0.25, -0.2) is 14.8 Å². The molecule has 3 heterocycles. The van der Waals surface area contributed by atoms with E-state index in [2.05, 4.69) is 46.3 Å². The van der Waals surface area contributed by atoms with E-state index in [0.717, 1.165) is 54.6 Å². The first-order chi connectivity index (χ1) is 12.5. The molecule has 0 aliphatic carbocycles. The van der Waals surface area contributed by atoms with E-state index < -0.39 is 5.60 Å². The predicted octanol–water partition coefficient (Wildman–Crippen LogP) is 3.40. The van der Waals surface area contributed by atoms with Gasteiger partial charge in [0.05, 0.1) is 30.5 Å². The van der Waals surface area contributed by atoms with Gasteiger partial charge in [0, 0.05) is 17.8 Å². The van der Waals surface area contributed by atoms with E-state index >= 15 is 0 Å². The third kappa shape index (κ3) is 3.00. The molecular weight excluding hydrogens is 326 g/mol. The van der Waals surface area contributed by atoms with Crippen LogP contribution >= 0.6 is 0 Å². The van der Waals surface area contributed by atoms with Gasteiger partial charge in [0.15, 0.2) is 5.60 Å². The number of imidazole rings is 1. The van der Waals surface area contributed by atoms with Gasteiger partial charge in [-0.2, -0.15) is 0 Å². The Morgan fingerprint density at radius 2 is 2.31 bits per heavy atom. The Hall–Kier alpha value is -2.29. The molecule has 2 aliphatic rings. The van der Waals surface area contributed by atoms with E-state index in [9.17, 15) is 0 Å². The summed E-state index contributed by atoms with van der Waals surface area (Å²) in [5.74, 6) is 6.11. The molecule has 136 valence electrons. The number of benzene rings is 1. The minimum absolute atomic E-state index is 0.0644. The molecule has 26 heavy (non-hydrogen) atoms. The highest BCUT2D eigenvalue weighted by Crippen LogP contribution is 2.44. The molecule has 2 fully saturated rings. The molecule has 2 atom stereocenters. The van der Waals surface area contributed by atoms with Crippen molar-refractivity contribution in [2.45, 2.75) is 45.3 Å². The first kappa shape index (κ1) is 17.1. The number of rotatable bonds is 2. The lowest BCUT2D eigenvalue weighted by Gasteiger charge is -2.49. The minimum Gasteiger partial charge on any atom is -0.383 e. The van der Waals surface area contributed by atoms with Crippen LogP contribution < -0.4 is 5.32 Å². The molecule has 2 unspecified atom stereocenters. The first-order valence-electron chi connectivity index (χ1n) is 9.15. The van der Waals surface area contributed by atoms with Crippen molar-refractivity contribution in [2.75, 3.05) is 13.2 Å². The number of fused-ring (bicyclic) bond motifs is 1. The number of hydrogen-bond acceptors (Lipinski definition) is 4. The van der Waals surface area contributed by atoms with Crippen molar-refractivity contribution in [2.24, 2.45) is 5.41 Å². The lowest BCUT2D eigenvalue weighted by Crippen LogP contribution is -2.61. The van der Waals surface area contributed by atoms with E-state index in [0.29, 0.717) is 6.61 Å². The fourth-order valence-corrected chi connectivity index (χ4v) is 4.13. The summed E-state index contributed by atoms with van der Waals surface area (Å²) in [6, 6.07) is 6.20. The molecule has 1 N–H and O–H groups in total. The summed E-state index contributed by atoms with van der Waals surface area (Å²) < 4.78 is 2.25. The van der Waals surface area contributed by atoms with Crippen LogP contribution in [0.1, 0.15) is 38.7 Å². The van der Waals surface area contributed by atoms with Crippen molar-refractivity contribution in [3.05, 3.63) is 42.4 Å². The van der Waals surface area contributed by atoms with Gasteiger partial charge in [-0.1, -0.05) is 19.4 Å². The van der Waals surface area contributed by atoms with E-state index in [-0.39, 0.29) is 5.41 Å². The maximum atomic E-state index is 5.77. The van der Waals surface area contributed by atoms with E-state index in [4.69, 9.17) is 9.78 Å². The van der Waals surface area contributed by atoms with Gasteiger partial charge in [0.1, 0.15) is 0 Å². The molecular formula is C21H25N3O2. The average molecular weight is 351 g/mol. The molecule has 5 heteroatoms. The second-order valence-corrected chi connectivity index (χ2v) is 7.77. The highest BCUT2D eigenvalue weighted by Gasteiger charge is 2.49. The van der Waals surface area contributed by atoms with Gasteiger partial charge >= 0.3 is 0 Å². The maximum absolute atomic E-state index is 5.77. The second-order valence-electron chi connectivity index (χ2n) is 7.77. The molecule has 1 aromatic heterocycles. The normalized spacial score (nSPS) is 28.6. The molecule has 0 radical (unpaired) electrons. The number of hydrogen-bond donors (Lipinski definition) is 1. The van der Waals surface area contributed by atoms with Crippen LogP contribution in [0.5, 0.6) is 0 Å². The summed E-state index contributed by atoms with van der Waals surface area (Å²) in [4.78, 5) is 15.7. The Morgan fingerprint density at radius 1 is 1.42 bits per heavy atom. The topological polar surface area (TPSA) is 48.3 Å². The van der Waals surface area contributed by atoms with E-state index in [1.54, 1.807) is 0 Å². The van der Waals surface area contributed by atoms with Crippen LogP contribution in [-0.4, -0.2) is 28.3 Å². The Balaban J connectivity index is 1.65. The van der Waals surface area contributed by atoms with Gasteiger partial charge in [0.25, 0.3) is 0 Å². The molecule has 5 nitrogen and oxygen atoms in total. The lowest BCUT2D eigenvalue weighted by molar-refractivity contribution is -0.372. The van der Waals surface area contributed by atoms with Crippen molar-refractivity contribution in [1.82, 2.24) is 14.9 Å². The summed E-state index contributed by atoms with van der Waals surface area (Å²) in [6.07, 6.45) is 4.86. The molecule has 2 saturated heterocycles. The van der Waals surface area contributed by atoms with E-state index in [1.165, 1.54) is 0 Å². The van der Waals surface area contributed by atoms with Crippen LogP contribution in [0.15, 0.2) is 36.8 Å². The van der Waals surface area contributed by atoms with Gasteiger partial charge in [0.2, 0.25) is 0 Å². The molecule has 0 bridgehead atoms. The van der Waals surface area contributed by atoms with Crippen molar-refractivity contribution < 1.29 is 9.78 Å². The van der Waals surface area contributed by atoms with Crippen LogP contribution in [-0.2, 0) is 16.3 Å². The monoisotopic (exact) mass is 351 g/mol. The summed E-state index contributed by atoms with van der Waals surface area (Å²) >= 11 is 0. The Labute approximate surface area is 154 Å². The number of nitrogens with one attached hydrogen (secondary N) is 1. The van der Waals surface area contributed by atoms with Crippen molar-refractivity contribution >= 4 is 11.0 Å². The lowest BCUT2D eigenvalue weighted by atomic mass is 9.71. The van der Waals surface area contributed by atoms with E-state index in [1.807, 2.05) is 25.4 Å². The summed E-state index contributed by atoms with van der Waals surface area (Å²) in [5, 5.41) is 3.23.